The normalized spacial score (nSPS) is 21.1. The van der Waals surface area contributed by atoms with Crippen LogP contribution in [0.2, 0.25) is 0 Å². The lowest BCUT2D eigenvalue weighted by Gasteiger charge is -2.25. The number of anilines is 1. The van der Waals surface area contributed by atoms with E-state index in [4.69, 9.17) is 4.74 Å². The van der Waals surface area contributed by atoms with Gasteiger partial charge in [-0.05, 0) is 60.8 Å². The molecule has 1 saturated carbocycles. The van der Waals surface area contributed by atoms with E-state index in [9.17, 15) is 22.7 Å². The number of fused-ring (bicyclic) bond motifs is 3. The van der Waals surface area contributed by atoms with Gasteiger partial charge in [-0.15, -0.1) is 0 Å². The molecule has 34 heavy (non-hydrogen) atoms. The highest BCUT2D eigenvalue weighted by Crippen LogP contribution is 2.64. The minimum Gasteiger partial charge on any atom is -0.492 e. The van der Waals surface area contributed by atoms with E-state index in [2.05, 4.69) is 16.5 Å². The minimum atomic E-state index is -4.22. The molecule has 7 nitrogen and oxygen atoms in total. The van der Waals surface area contributed by atoms with Crippen molar-refractivity contribution in [2.45, 2.75) is 38.0 Å². The first kappa shape index (κ1) is 24.2. The van der Waals surface area contributed by atoms with Crippen molar-refractivity contribution < 1.29 is 27.4 Å². The van der Waals surface area contributed by atoms with E-state index in [0.29, 0.717) is 13.2 Å². The Balaban J connectivity index is 1.68. The number of likely N-dealkylation sites (N-methyl/N-ethyl adjacent to an activating group) is 1. The number of hydrogen-bond acceptors (Lipinski definition) is 5. The second-order valence-electron chi connectivity index (χ2n) is 9.09. The van der Waals surface area contributed by atoms with Gasteiger partial charge < -0.3 is 14.7 Å². The van der Waals surface area contributed by atoms with Crippen molar-refractivity contribution in [2.24, 2.45) is 5.41 Å². The van der Waals surface area contributed by atoms with Crippen molar-refractivity contribution in [1.29, 1.82) is 0 Å². The van der Waals surface area contributed by atoms with Gasteiger partial charge in [-0.1, -0.05) is 39.0 Å². The maximum Gasteiger partial charge on any atom is 0.341 e. The Bertz CT molecular complexity index is 1260. The average molecular weight is 489 g/mol. The summed E-state index contributed by atoms with van der Waals surface area (Å²) in [5.74, 6) is -1.43. The molecule has 0 amide bonds. The van der Waals surface area contributed by atoms with Crippen LogP contribution in [0.4, 0.5) is 10.1 Å². The average Bonchev–Trinajstić information content (AvgIpc) is 3.48. The van der Waals surface area contributed by atoms with Gasteiger partial charge in [-0.2, -0.15) is 0 Å². The molecule has 1 aliphatic carbocycles. The van der Waals surface area contributed by atoms with Crippen molar-refractivity contribution in [2.75, 3.05) is 31.0 Å². The summed E-state index contributed by atoms with van der Waals surface area (Å²) >= 11 is 0. The lowest BCUT2D eigenvalue weighted by molar-refractivity contribution is 0.0690. The Hall–Kier alpha value is -2.91. The first-order valence-corrected chi connectivity index (χ1v) is 12.8. The number of halogens is 1. The van der Waals surface area contributed by atoms with Crippen molar-refractivity contribution >= 4 is 27.8 Å². The maximum absolute atomic E-state index is 14.0. The van der Waals surface area contributed by atoms with Crippen molar-refractivity contribution in [1.82, 2.24) is 4.90 Å². The molecule has 2 aliphatic rings. The standard InChI is InChI=1S/C25H29FN2O5S/c1-4-28(5-2)12-6-7-16-13-17(26)8-11-21(16)34(31,32)27-20-10-9-18-19-14-25(19,3)15-33-23(18)22(20)24(29)30/h6-11,13,19,27H,4-5,12,14-15H2,1-3H3,(H,29,30)/b7-6-/t19-,25+/m1/s1. The summed E-state index contributed by atoms with van der Waals surface area (Å²) in [5.41, 5.74) is 0.675. The van der Waals surface area contributed by atoms with Crippen LogP contribution in [0.3, 0.4) is 0 Å². The third kappa shape index (κ3) is 4.54. The molecule has 1 aliphatic heterocycles. The number of aromatic carboxylic acids is 1. The van der Waals surface area contributed by atoms with E-state index in [1.54, 1.807) is 18.2 Å². The van der Waals surface area contributed by atoms with Crippen molar-refractivity contribution in [3.63, 3.8) is 0 Å². The van der Waals surface area contributed by atoms with Gasteiger partial charge in [0.15, 0.2) is 0 Å². The SMILES string of the molecule is CCN(CC)C/C=C\c1cc(F)ccc1S(=O)(=O)Nc1ccc2c(c1C(=O)O)OC[C@]1(C)C[C@H]21. The summed E-state index contributed by atoms with van der Waals surface area (Å²) in [4.78, 5) is 14.1. The molecule has 2 atom stereocenters. The molecule has 1 fully saturated rings. The van der Waals surface area contributed by atoms with Crippen LogP contribution in [-0.4, -0.2) is 50.6 Å². The summed E-state index contributed by atoms with van der Waals surface area (Å²) in [6.45, 7) is 8.75. The Morgan fingerprint density at radius 2 is 2.03 bits per heavy atom. The number of benzene rings is 2. The molecule has 0 spiro atoms. The molecule has 182 valence electrons. The van der Waals surface area contributed by atoms with Gasteiger partial charge in [0.05, 0.1) is 17.2 Å². The first-order chi connectivity index (χ1) is 16.1. The molecular formula is C25H29FN2O5S. The summed E-state index contributed by atoms with van der Waals surface area (Å²) in [5, 5.41) is 9.88. The van der Waals surface area contributed by atoms with Crippen LogP contribution in [0.15, 0.2) is 41.3 Å². The van der Waals surface area contributed by atoms with E-state index in [-0.39, 0.29) is 38.8 Å². The number of carboxylic acid groups (broad SMARTS) is 1. The molecule has 2 aromatic carbocycles. The van der Waals surface area contributed by atoms with Gasteiger partial charge in [-0.3, -0.25) is 4.72 Å². The molecule has 0 bridgehead atoms. The fourth-order valence-corrected chi connectivity index (χ4v) is 5.77. The number of hydrogen-bond donors (Lipinski definition) is 2. The van der Waals surface area contributed by atoms with Crippen LogP contribution in [0.1, 0.15) is 54.6 Å². The zero-order valence-electron chi connectivity index (χ0n) is 19.5. The number of nitrogens with one attached hydrogen (secondary N) is 1. The van der Waals surface area contributed by atoms with Crippen LogP contribution in [0.25, 0.3) is 6.08 Å². The predicted octanol–water partition coefficient (Wildman–Crippen LogP) is 4.57. The number of carboxylic acids is 1. The van der Waals surface area contributed by atoms with E-state index in [0.717, 1.165) is 37.2 Å². The summed E-state index contributed by atoms with van der Waals surface area (Å²) in [6.07, 6.45) is 4.25. The summed E-state index contributed by atoms with van der Waals surface area (Å²) in [7, 11) is -4.22. The monoisotopic (exact) mass is 488 g/mol. The van der Waals surface area contributed by atoms with Gasteiger partial charge in [0.1, 0.15) is 17.1 Å². The number of rotatable bonds is 9. The fraction of sp³-hybridized carbons (Fsp3) is 0.400. The molecule has 0 saturated heterocycles. The first-order valence-electron chi connectivity index (χ1n) is 11.3. The third-order valence-electron chi connectivity index (χ3n) is 6.74. The maximum atomic E-state index is 14.0. The van der Waals surface area contributed by atoms with E-state index < -0.39 is 21.8 Å². The molecule has 0 radical (unpaired) electrons. The van der Waals surface area contributed by atoms with Gasteiger partial charge in [0.25, 0.3) is 10.0 Å². The molecule has 4 rings (SSSR count). The third-order valence-corrected chi connectivity index (χ3v) is 8.18. The van der Waals surface area contributed by atoms with Crippen molar-refractivity contribution in [3.05, 3.63) is 58.9 Å². The highest BCUT2D eigenvalue weighted by molar-refractivity contribution is 7.92. The van der Waals surface area contributed by atoms with Gasteiger partial charge in [0.2, 0.25) is 0 Å². The molecule has 9 heteroatoms. The van der Waals surface area contributed by atoms with Crippen LogP contribution >= 0.6 is 0 Å². The zero-order valence-corrected chi connectivity index (χ0v) is 20.3. The molecule has 2 N–H and O–H groups in total. The van der Waals surface area contributed by atoms with Crippen LogP contribution in [-0.2, 0) is 10.0 Å². The Kier molecular flexibility index (Phi) is 6.44. The van der Waals surface area contributed by atoms with Crippen LogP contribution < -0.4 is 9.46 Å². The number of ether oxygens (including phenoxy) is 1. The minimum absolute atomic E-state index is 0.00424. The molecule has 1 heterocycles. The van der Waals surface area contributed by atoms with Gasteiger partial charge in [0, 0.05) is 12.0 Å². The lowest BCUT2D eigenvalue weighted by atomic mass is 9.95. The predicted molar refractivity (Wildman–Crippen MR) is 128 cm³/mol. The Morgan fingerprint density at radius 1 is 1.29 bits per heavy atom. The number of nitrogens with zero attached hydrogens (tertiary/aromatic N) is 1. The zero-order chi connectivity index (χ0) is 24.7. The van der Waals surface area contributed by atoms with Crippen LogP contribution in [0.5, 0.6) is 5.75 Å². The fourth-order valence-electron chi connectivity index (χ4n) is 4.52. The smallest absolute Gasteiger partial charge is 0.341 e. The van der Waals surface area contributed by atoms with E-state index in [1.165, 1.54) is 12.1 Å². The molecular weight excluding hydrogens is 459 g/mol. The summed E-state index contributed by atoms with van der Waals surface area (Å²) in [6, 6.07) is 6.59. The van der Waals surface area contributed by atoms with Crippen molar-refractivity contribution in [3.8, 4) is 5.75 Å². The topological polar surface area (TPSA) is 95.9 Å². The number of sulfonamides is 1. The second-order valence-corrected chi connectivity index (χ2v) is 10.7. The highest BCUT2D eigenvalue weighted by Gasteiger charge is 2.55. The highest BCUT2D eigenvalue weighted by atomic mass is 32.2. The molecule has 0 aromatic heterocycles. The second kappa shape index (κ2) is 9.03. The van der Waals surface area contributed by atoms with Gasteiger partial charge >= 0.3 is 5.97 Å². The Labute approximate surface area is 199 Å². The van der Waals surface area contributed by atoms with Gasteiger partial charge in [-0.25, -0.2) is 17.6 Å². The number of carbonyl (C=O) groups is 1. The lowest BCUT2D eigenvalue weighted by Crippen LogP contribution is -2.22. The molecule has 2 aromatic rings. The quantitative estimate of drug-likeness (QED) is 0.537. The largest absolute Gasteiger partial charge is 0.492 e. The summed E-state index contributed by atoms with van der Waals surface area (Å²) < 4.78 is 48.7. The van der Waals surface area contributed by atoms with E-state index in [1.807, 2.05) is 13.8 Å². The Morgan fingerprint density at radius 3 is 2.71 bits per heavy atom. The van der Waals surface area contributed by atoms with E-state index >= 15 is 0 Å². The molecule has 0 unspecified atom stereocenters. The van der Waals surface area contributed by atoms with Crippen LogP contribution in [0, 0.1) is 11.2 Å².